The van der Waals surface area contributed by atoms with E-state index < -0.39 is 30.3 Å². The molecular weight excluding hydrogens is 590 g/mol. The minimum Gasteiger partial charge on any atom is -0.481 e. The topological polar surface area (TPSA) is 113 Å². The molecule has 47 heavy (non-hydrogen) atoms. The minimum absolute atomic E-state index is 0.0691. The van der Waals surface area contributed by atoms with Crippen LogP contribution < -0.4 is 5.32 Å². The molecular formula is C40H77NO6. The number of aliphatic carboxylic acids is 2. The van der Waals surface area contributed by atoms with Crippen LogP contribution in [0, 0.1) is 0 Å². The fourth-order valence-corrected chi connectivity index (χ4v) is 6.37. The molecule has 7 nitrogen and oxygen atoms in total. The summed E-state index contributed by atoms with van der Waals surface area (Å²) in [4.78, 5) is 34.9. The highest BCUT2D eigenvalue weighted by molar-refractivity contribution is 5.86. The number of hydrogen-bond donors (Lipinski definition) is 3. The Morgan fingerprint density at radius 1 is 0.489 bits per heavy atom. The zero-order chi connectivity index (χ0) is 34.6. The van der Waals surface area contributed by atoms with Crippen LogP contribution in [0.15, 0.2) is 0 Å². The van der Waals surface area contributed by atoms with E-state index >= 15 is 0 Å². The van der Waals surface area contributed by atoms with Crippen LogP contribution >= 0.6 is 0 Å². The number of ether oxygens (including phenoxy) is 1. The molecule has 0 aliphatic heterocycles. The van der Waals surface area contributed by atoms with Crippen LogP contribution in [0.25, 0.3) is 0 Å². The van der Waals surface area contributed by atoms with Crippen LogP contribution in [0.4, 0.5) is 0 Å². The standard InChI is InChI=1S/C40H77NO6/c1-3-5-7-9-11-13-14-15-16-17-18-19-20-21-22-23-25-27-29-31-33-47-36(32-30-28-26-24-12-10-8-6-4-2)34-38(42)41-37(40(45)46)35-39(43)44/h36-37H,3-35H2,1-2H3,(H,41,42)(H,43,44)(H,45,46)/t36-,37-/m1/s1. The maximum atomic E-state index is 12.6. The first-order valence-corrected chi connectivity index (χ1v) is 20.3. The summed E-state index contributed by atoms with van der Waals surface area (Å²) in [6.07, 6.45) is 37.8. The Morgan fingerprint density at radius 2 is 0.830 bits per heavy atom. The van der Waals surface area contributed by atoms with Gasteiger partial charge in [0.2, 0.25) is 5.91 Å². The molecule has 278 valence electrons. The first-order valence-electron chi connectivity index (χ1n) is 20.3. The van der Waals surface area contributed by atoms with Gasteiger partial charge in [0.1, 0.15) is 6.04 Å². The summed E-state index contributed by atoms with van der Waals surface area (Å²) in [5, 5.41) is 20.6. The van der Waals surface area contributed by atoms with Crippen LogP contribution in [0.3, 0.4) is 0 Å². The van der Waals surface area contributed by atoms with E-state index in [9.17, 15) is 19.5 Å². The first kappa shape index (κ1) is 45.4. The van der Waals surface area contributed by atoms with Crippen molar-refractivity contribution in [2.75, 3.05) is 6.61 Å². The highest BCUT2D eigenvalue weighted by atomic mass is 16.5. The van der Waals surface area contributed by atoms with Crippen LogP contribution in [-0.2, 0) is 19.1 Å². The summed E-state index contributed by atoms with van der Waals surface area (Å²) in [6.45, 7) is 5.12. The van der Waals surface area contributed by atoms with E-state index in [1.165, 1.54) is 161 Å². The van der Waals surface area contributed by atoms with Gasteiger partial charge in [0.05, 0.1) is 18.9 Å². The molecule has 0 aromatic rings. The molecule has 0 aromatic carbocycles. The zero-order valence-corrected chi connectivity index (χ0v) is 31.0. The molecule has 0 unspecified atom stereocenters. The third-order valence-corrected chi connectivity index (χ3v) is 9.41. The summed E-state index contributed by atoms with van der Waals surface area (Å²) in [7, 11) is 0. The molecule has 0 radical (unpaired) electrons. The quantitative estimate of drug-likeness (QED) is 0.0565. The Morgan fingerprint density at radius 3 is 1.17 bits per heavy atom. The van der Waals surface area contributed by atoms with E-state index in [1.807, 2.05) is 0 Å². The van der Waals surface area contributed by atoms with Gasteiger partial charge in [-0.25, -0.2) is 4.79 Å². The SMILES string of the molecule is CCCCCCCCCCCCCCCCCCCCCCO[C@H](CCCCCCCCCCC)CC(=O)N[C@H](CC(=O)O)C(=O)O. The van der Waals surface area contributed by atoms with E-state index in [2.05, 4.69) is 19.2 Å². The smallest absolute Gasteiger partial charge is 0.326 e. The zero-order valence-electron chi connectivity index (χ0n) is 31.0. The molecule has 1 amide bonds. The second kappa shape index (κ2) is 35.7. The van der Waals surface area contributed by atoms with Crippen LogP contribution in [0.5, 0.6) is 0 Å². The number of unbranched alkanes of at least 4 members (excludes halogenated alkanes) is 27. The summed E-state index contributed by atoms with van der Waals surface area (Å²) in [5.74, 6) is -3.04. The third-order valence-electron chi connectivity index (χ3n) is 9.41. The fraction of sp³-hybridized carbons (Fsp3) is 0.925. The van der Waals surface area contributed by atoms with E-state index in [1.54, 1.807) is 0 Å². The van der Waals surface area contributed by atoms with Gasteiger partial charge in [-0.05, 0) is 12.8 Å². The number of nitrogens with one attached hydrogen (secondary N) is 1. The highest BCUT2D eigenvalue weighted by Gasteiger charge is 2.24. The molecule has 0 aliphatic rings. The normalized spacial score (nSPS) is 12.6. The van der Waals surface area contributed by atoms with Gasteiger partial charge in [-0.1, -0.05) is 194 Å². The number of carboxylic acids is 2. The largest absolute Gasteiger partial charge is 0.481 e. The van der Waals surface area contributed by atoms with Crippen molar-refractivity contribution in [2.24, 2.45) is 0 Å². The molecule has 7 heteroatoms. The van der Waals surface area contributed by atoms with Crippen molar-refractivity contribution < 1.29 is 29.3 Å². The molecule has 0 fully saturated rings. The maximum absolute atomic E-state index is 12.6. The van der Waals surface area contributed by atoms with Crippen molar-refractivity contribution in [3.8, 4) is 0 Å². The predicted octanol–water partition coefficient (Wildman–Crippen LogP) is 11.5. The van der Waals surface area contributed by atoms with Gasteiger partial charge in [0.25, 0.3) is 0 Å². The van der Waals surface area contributed by atoms with Crippen molar-refractivity contribution in [3.05, 3.63) is 0 Å². The van der Waals surface area contributed by atoms with E-state index in [0.717, 1.165) is 32.1 Å². The molecule has 0 saturated heterocycles. The van der Waals surface area contributed by atoms with E-state index in [-0.39, 0.29) is 12.5 Å². The lowest BCUT2D eigenvalue weighted by molar-refractivity contribution is -0.147. The summed E-state index contributed by atoms with van der Waals surface area (Å²) < 4.78 is 6.12. The van der Waals surface area contributed by atoms with Crippen molar-refractivity contribution >= 4 is 17.8 Å². The lowest BCUT2D eigenvalue weighted by Crippen LogP contribution is -2.43. The lowest BCUT2D eigenvalue weighted by Gasteiger charge is -2.19. The summed E-state index contributed by atoms with van der Waals surface area (Å²) in [5.41, 5.74) is 0. The second-order valence-corrected chi connectivity index (χ2v) is 14.1. The van der Waals surface area contributed by atoms with Crippen molar-refractivity contribution in [2.45, 2.75) is 231 Å². The monoisotopic (exact) mass is 668 g/mol. The average Bonchev–Trinajstić information content (AvgIpc) is 3.03. The Kier molecular flexibility index (Phi) is 34.4. The van der Waals surface area contributed by atoms with Crippen LogP contribution in [0.1, 0.15) is 219 Å². The van der Waals surface area contributed by atoms with Gasteiger partial charge < -0.3 is 20.3 Å². The van der Waals surface area contributed by atoms with Crippen molar-refractivity contribution in [1.29, 1.82) is 0 Å². The third kappa shape index (κ3) is 34.0. The second-order valence-electron chi connectivity index (χ2n) is 14.1. The minimum atomic E-state index is -1.42. The van der Waals surface area contributed by atoms with Gasteiger partial charge in [-0.3, -0.25) is 9.59 Å². The fourth-order valence-electron chi connectivity index (χ4n) is 6.37. The van der Waals surface area contributed by atoms with Gasteiger partial charge in [-0.2, -0.15) is 0 Å². The highest BCUT2D eigenvalue weighted by Crippen LogP contribution is 2.17. The maximum Gasteiger partial charge on any atom is 0.326 e. The Labute approximate surface area is 290 Å². The molecule has 0 saturated carbocycles. The Bertz CT molecular complexity index is 715. The van der Waals surface area contributed by atoms with Crippen molar-refractivity contribution in [3.63, 3.8) is 0 Å². The molecule has 0 heterocycles. The summed E-state index contributed by atoms with van der Waals surface area (Å²) >= 11 is 0. The van der Waals surface area contributed by atoms with Crippen LogP contribution in [-0.4, -0.2) is 46.8 Å². The van der Waals surface area contributed by atoms with Gasteiger partial charge in [-0.15, -0.1) is 0 Å². The molecule has 0 bridgehead atoms. The van der Waals surface area contributed by atoms with Crippen molar-refractivity contribution in [1.82, 2.24) is 5.32 Å². The van der Waals surface area contributed by atoms with Gasteiger partial charge >= 0.3 is 11.9 Å². The first-order chi connectivity index (χ1) is 22.9. The Hall–Kier alpha value is -1.63. The molecule has 2 atom stereocenters. The molecule has 0 rings (SSSR count). The number of carbonyl (C=O) groups is 3. The molecule has 0 spiro atoms. The van der Waals surface area contributed by atoms with Crippen LogP contribution in [0.2, 0.25) is 0 Å². The number of rotatable bonds is 38. The van der Waals surface area contributed by atoms with Gasteiger partial charge in [0.15, 0.2) is 0 Å². The van der Waals surface area contributed by atoms with E-state index in [4.69, 9.17) is 9.84 Å². The predicted molar refractivity (Wildman–Crippen MR) is 196 cm³/mol. The van der Waals surface area contributed by atoms with E-state index in [0.29, 0.717) is 6.61 Å². The average molecular weight is 668 g/mol. The number of hydrogen-bond acceptors (Lipinski definition) is 4. The number of amides is 1. The number of carboxylic acid groups (broad SMARTS) is 2. The summed E-state index contributed by atoms with van der Waals surface area (Å²) in [6, 6.07) is -1.42. The molecule has 0 aliphatic carbocycles. The van der Waals surface area contributed by atoms with Gasteiger partial charge in [0, 0.05) is 6.61 Å². The lowest BCUT2D eigenvalue weighted by atomic mass is 10.0. The molecule has 3 N–H and O–H groups in total. The molecule has 0 aromatic heterocycles. The number of carbonyl (C=O) groups excluding carboxylic acids is 1. The Balaban J connectivity index is 4.00.